The number of pyridine rings is 1. The largest absolute Gasteiger partial charge is 0.416 e. The minimum atomic E-state index is -4.44. The van der Waals surface area contributed by atoms with E-state index in [1.54, 1.807) is 31.6 Å². The van der Waals surface area contributed by atoms with Gasteiger partial charge in [0.05, 0.1) is 17.5 Å². The summed E-state index contributed by atoms with van der Waals surface area (Å²) in [4.78, 5) is 30.2. The summed E-state index contributed by atoms with van der Waals surface area (Å²) in [5.41, 5.74) is 0.294. The average molecular weight is 377 g/mol. The topological polar surface area (TPSA) is 62.3 Å². The molecular formula is C19H18F3N3O2. The van der Waals surface area contributed by atoms with Crippen LogP contribution in [-0.4, -0.2) is 28.7 Å². The zero-order chi connectivity index (χ0) is 19.6. The van der Waals surface area contributed by atoms with Crippen LogP contribution in [0.25, 0.3) is 0 Å². The summed E-state index contributed by atoms with van der Waals surface area (Å²) in [6.45, 7) is 0. The monoisotopic (exact) mass is 377 g/mol. The lowest BCUT2D eigenvalue weighted by Crippen LogP contribution is -2.44. The number of halogens is 3. The summed E-state index contributed by atoms with van der Waals surface area (Å²) in [6.07, 6.45) is -0.822. The molecule has 1 fully saturated rings. The number of aromatic nitrogens is 1. The molecule has 0 aliphatic carbocycles. The van der Waals surface area contributed by atoms with E-state index in [0.717, 1.165) is 12.1 Å². The fourth-order valence-corrected chi connectivity index (χ4v) is 3.31. The second-order valence-electron chi connectivity index (χ2n) is 6.44. The van der Waals surface area contributed by atoms with E-state index in [1.807, 2.05) is 0 Å². The van der Waals surface area contributed by atoms with Crippen LogP contribution in [0.3, 0.4) is 0 Å². The van der Waals surface area contributed by atoms with Crippen molar-refractivity contribution in [2.45, 2.75) is 25.1 Å². The van der Waals surface area contributed by atoms with E-state index < -0.39 is 23.7 Å². The molecule has 0 bridgehead atoms. The van der Waals surface area contributed by atoms with Crippen molar-refractivity contribution >= 4 is 17.5 Å². The van der Waals surface area contributed by atoms with Crippen LogP contribution in [0.1, 0.15) is 30.0 Å². The van der Waals surface area contributed by atoms with Crippen molar-refractivity contribution in [1.82, 2.24) is 9.88 Å². The van der Waals surface area contributed by atoms with Gasteiger partial charge in [0, 0.05) is 31.5 Å². The van der Waals surface area contributed by atoms with Crippen molar-refractivity contribution in [2.24, 2.45) is 5.92 Å². The Morgan fingerprint density at radius 3 is 2.37 bits per heavy atom. The molecule has 3 rings (SSSR count). The van der Waals surface area contributed by atoms with Gasteiger partial charge in [-0.25, -0.2) is 0 Å². The van der Waals surface area contributed by atoms with Crippen molar-refractivity contribution in [2.75, 3.05) is 12.4 Å². The fraction of sp³-hybridized carbons (Fsp3) is 0.316. The molecule has 5 nitrogen and oxygen atoms in total. The molecule has 2 unspecified atom stereocenters. The van der Waals surface area contributed by atoms with Crippen molar-refractivity contribution in [3.63, 3.8) is 0 Å². The quantitative estimate of drug-likeness (QED) is 0.888. The van der Waals surface area contributed by atoms with Crippen LogP contribution in [0.2, 0.25) is 0 Å². The standard InChI is InChI=1S/C19H18F3N3O2/c1-25-16(26)7-6-15(18(27)24-14-8-10-23-11-9-14)17(25)12-2-4-13(5-3-12)19(20,21)22/h2-5,8-11,15,17H,6-7H2,1H3,(H,23,24,27). The highest BCUT2D eigenvalue weighted by Crippen LogP contribution is 2.38. The van der Waals surface area contributed by atoms with Crippen LogP contribution in [0.4, 0.5) is 18.9 Å². The zero-order valence-corrected chi connectivity index (χ0v) is 14.5. The molecule has 0 radical (unpaired) electrons. The van der Waals surface area contributed by atoms with Crippen LogP contribution in [-0.2, 0) is 15.8 Å². The van der Waals surface area contributed by atoms with E-state index >= 15 is 0 Å². The predicted octanol–water partition coefficient (Wildman–Crippen LogP) is 3.65. The molecule has 1 aromatic carbocycles. The van der Waals surface area contributed by atoms with E-state index in [0.29, 0.717) is 17.7 Å². The lowest BCUT2D eigenvalue weighted by Gasteiger charge is -2.38. The molecule has 8 heteroatoms. The van der Waals surface area contributed by atoms with Gasteiger partial charge in [-0.2, -0.15) is 13.2 Å². The fourth-order valence-electron chi connectivity index (χ4n) is 3.31. The zero-order valence-electron chi connectivity index (χ0n) is 14.5. The van der Waals surface area contributed by atoms with Crippen molar-refractivity contribution in [1.29, 1.82) is 0 Å². The Balaban J connectivity index is 1.88. The second kappa shape index (κ2) is 7.38. The molecule has 2 heterocycles. The van der Waals surface area contributed by atoms with Gasteiger partial charge in [-0.15, -0.1) is 0 Å². The van der Waals surface area contributed by atoms with Gasteiger partial charge in [-0.3, -0.25) is 14.6 Å². The summed E-state index contributed by atoms with van der Waals surface area (Å²) in [7, 11) is 1.57. The number of nitrogens with zero attached hydrogens (tertiary/aromatic N) is 2. The number of piperidine rings is 1. The number of likely N-dealkylation sites (tertiary alicyclic amines) is 1. The number of anilines is 1. The van der Waals surface area contributed by atoms with Gasteiger partial charge in [0.1, 0.15) is 0 Å². The van der Waals surface area contributed by atoms with E-state index in [-0.39, 0.29) is 18.2 Å². The normalized spacial score (nSPS) is 20.4. The molecule has 1 aliphatic rings. The third-order valence-electron chi connectivity index (χ3n) is 4.73. The Kier molecular flexibility index (Phi) is 5.16. The van der Waals surface area contributed by atoms with Gasteiger partial charge in [0.15, 0.2) is 0 Å². The molecule has 1 aliphatic heterocycles. The number of amides is 2. The Morgan fingerprint density at radius 1 is 1.15 bits per heavy atom. The highest BCUT2D eigenvalue weighted by Gasteiger charge is 2.39. The SMILES string of the molecule is CN1C(=O)CCC(C(=O)Nc2ccncc2)C1c1ccc(C(F)(F)F)cc1. The highest BCUT2D eigenvalue weighted by atomic mass is 19.4. The minimum Gasteiger partial charge on any atom is -0.338 e. The van der Waals surface area contributed by atoms with Gasteiger partial charge in [0.25, 0.3) is 0 Å². The van der Waals surface area contributed by atoms with Crippen molar-refractivity contribution < 1.29 is 22.8 Å². The summed E-state index contributed by atoms with van der Waals surface area (Å²) in [6, 6.07) is 7.26. The maximum absolute atomic E-state index is 12.8. The lowest BCUT2D eigenvalue weighted by molar-refractivity contribution is -0.140. The summed E-state index contributed by atoms with van der Waals surface area (Å²) < 4.78 is 38.4. The number of nitrogens with one attached hydrogen (secondary N) is 1. The molecule has 2 atom stereocenters. The highest BCUT2D eigenvalue weighted by molar-refractivity contribution is 5.94. The van der Waals surface area contributed by atoms with E-state index in [9.17, 15) is 22.8 Å². The predicted molar refractivity (Wildman–Crippen MR) is 92.5 cm³/mol. The number of carbonyl (C=O) groups excluding carboxylic acids is 2. The Labute approximate surface area is 154 Å². The van der Waals surface area contributed by atoms with Crippen LogP contribution in [0, 0.1) is 5.92 Å². The van der Waals surface area contributed by atoms with Gasteiger partial charge < -0.3 is 10.2 Å². The smallest absolute Gasteiger partial charge is 0.338 e. The van der Waals surface area contributed by atoms with Gasteiger partial charge in [0.2, 0.25) is 11.8 Å². The van der Waals surface area contributed by atoms with Crippen LogP contribution >= 0.6 is 0 Å². The molecule has 0 spiro atoms. The first kappa shape index (κ1) is 18.9. The second-order valence-corrected chi connectivity index (χ2v) is 6.44. The number of carbonyl (C=O) groups is 2. The molecule has 1 N–H and O–H groups in total. The number of hydrogen-bond acceptors (Lipinski definition) is 3. The first-order chi connectivity index (χ1) is 12.8. The van der Waals surface area contributed by atoms with E-state index in [1.165, 1.54) is 17.0 Å². The first-order valence-electron chi connectivity index (χ1n) is 8.41. The molecule has 2 aromatic rings. The summed E-state index contributed by atoms with van der Waals surface area (Å²) in [5, 5.41) is 2.79. The Morgan fingerprint density at radius 2 is 1.78 bits per heavy atom. The average Bonchev–Trinajstić information content (AvgIpc) is 2.64. The molecule has 1 aromatic heterocycles. The number of alkyl halides is 3. The van der Waals surface area contributed by atoms with Crippen molar-refractivity contribution in [3.8, 4) is 0 Å². The third-order valence-corrected chi connectivity index (χ3v) is 4.73. The van der Waals surface area contributed by atoms with Gasteiger partial charge >= 0.3 is 6.18 Å². The van der Waals surface area contributed by atoms with Gasteiger partial charge in [-0.1, -0.05) is 12.1 Å². The van der Waals surface area contributed by atoms with E-state index in [4.69, 9.17) is 0 Å². The number of hydrogen-bond donors (Lipinski definition) is 1. The molecule has 2 amide bonds. The van der Waals surface area contributed by atoms with E-state index in [2.05, 4.69) is 10.3 Å². The third kappa shape index (κ3) is 4.10. The molecule has 1 saturated heterocycles. The Hall–Kier alpha value is -2.90. The van der Waals surface area contributed by atoms with Gasteiger partial charge in [-0.05, 0) is 36.2 Å². The van der Waals surface area contributed by atoms with Crippen LogP contribution in [0.5, 0.6) is 0 Å². The Bertz CT molecular complexity index is 822. The lowest BCUT2D eigenvalue weighted by atomic mass is 9.83. The number of benzene rings is 1. The molecule has 142 valence electrons. The first-order valence-corrected chi connectivity index (χ1v) is 8.41. The van der Waals surface area contributed by atoms with Crippen LogP contribution < -0.4 is 5.32 Å². The molecule has 27 heavy (non-hydrogen) atoms. The maximum atomic E-state index is 12.8. The van der Waals surface area contributed by atoms with Crippen LogP contribution in [0.15, 0.2) is 48.8 Å². The maximum Gasteiger partial charge on any atom is 0.416 e. The summed E-state index contributed by atoms with van der Waals surface area (Å²) in [5.74, 6) is -1.00. The number of rotatable bonds is 3. The minimum absolute atomic E-state index is 0.146. The van der Waals surface area contributed by atoms with Crippen molar-refractivity contribution in [3.05, 3.63) is 59.9 Å². The molecular weight excluding hydrogens is 359 g/mol. The summed E-state index contributed by atoms with van der Waals surface area (Å²) >= 11 is 0. The molecule has 0 saturated carbocycles.